The molecule has 0 aliphatic carbocycles. The smallest absolute Gasteiger partial charge is 0.313 e. The van der Waals surface area contributed by atoms with Crippen molar-refractivity contribution in [3.05, 3.63) is 0 Å². The molecule has 182 valence electrons. The van der Waals surface area contributed by atoms with E-state index in [1.165, 1.54) is 0 Å². The Morgan fingerprint density at radius 3 is 0.875 bits per heavy atom. The van der Waals surface area contributed by atoms with Crippen LogP contribution >= 0.6 is 0 Å². The Morgan fingerprint density at radius 1 is 0.375 bits per heavy atom. The minimum absolute atomic E-state index is 0.0171. The first-order chi connectivity index (χ1) is 15.2. The van der Waals surface area contributed by atoms with Gasteiger partial charge in [0.15, 0.2) is 0 Å². The Morgan fingerprint density at radius 2 is 0.594 bits per heavy atom. The van der Waals surface area contributed by atoms with Gasteiger partial charge in [0, 0.05) is 38.5 Å². The van der Waals surface area contributed by atoms with E-state index in [9.17, 15) is 28.8 Å². The lowest BCUT2D eigenvalue weighted by Gasteiger charge is -2.04. The van der Waals surface area contributed by atoms with Crippen molar-refractivity contribution in [3.8, 4) is 0 Å². The lowest BCUT2D eigenvalue weighted by molar-refractivity contribution is -0.161. The van der Waals surface area contributed by atoms with Crippen molar-refractivity contribution in [2.24, 2.45) is 0 Å². The highest BCUT2D eigenvalue weighted by atomic mass is 16.6. The molecule has 0 bridgehead atoms. The maximum Gasteiger partial charge on any atom is 0.313 e. The fraction of sp³-hybridized carbons (Fsp3) is 0.727. The third kappa shape index (κ3) is 20.5. The Labute approximate surface area is 187 Å². The first kappa shape index (κ1) is 29.2. The number of aliphatic carboxylic acids is 2. The standard InChI is InChI=1S/C22H34O10/c23-17(24)11-7-9-15-21(29)31-19(27)13-5-3-1-2-4-6-14-20(28)32-22(30)16-10-8-12-18(25)26/h1-16H2,(H,23,24)(H,25,26). The lowest BCUT2D eigenvalue weighted by Crippen LogP contribution is -2.12. The van der Waals surface area contributed by atoms with E-state index in [-0.39, 0.29) is 38.5 Å². The van der Waals surface area contributed by atoms with Crippen molar-refractivity contribution in [1.29, 1.82) is 0 Å². The SMILES string of the molecule is O=C(O)CCCCC(=O)OC(=O)CCCCCCCCC(=O)OC(=O)CCCCC(=O)O. The van der Waals surface area contributed by atoms with Crippen LogP contribution in [0.3, 0.4) is 0 Å². The van der Waals surface area contributed by atoms with Crippen molar-refractivity contribution < 1.29 is 48.5 Å². The number of esters is 4. The Balaban J connectivity index is 3.55. The molecule has 10 nitrogen and oxygen atoms in total. The molecule has 2 N–H and O–H groups in total. The average Bonchev–Trinajstić information content (AvgIpc) is 2.70. The van der Waals surface area contributed by atoms with Gasteiger partial charge in [0.2, 0.25) is 0 Å². The van der Waals surface area contributed by atoms with Crippen LogP contribution in [-0.2, 0) is 38.2 Å². The second-order valence-electron chi connectivity index (χ2n) is 7.52. The molecule has 0 heterocycles. The number of unbranched alkanes of at least 4 members (excludes halogenated alkanes) is 7. The Bertz CT molecular complexity index is 572. The number of rotatable bonds is 19. The highest BCUT2D eigenvalue weighted by Crippen LogP contribution is 2.11. The van der Waals surface area contributed by atoms with E-state index in [1.54, 1.807) is 0 Å². The molecule has 0 spiro atoms. The van der Waals surface area contributed by atoms with Crippen LogP contribution in [0.25, 0.3) is 0 Å². The maximum absolute atomic E-state index is 11.6. The minimum Gasteiger partial charge on any atom is -0.481 e. The highest BCUT2D eigenvalue weighted by Gasteiger charge is 2.12. The highest BCUT2D eigenvalue weighted by molar-refractivity contribution is 5.85. The van der Waals surface area contributed by atoms with Gasteiger partial charge in [-0.15, -0.1) is 0 Å². The van der Waals surface area contributed by atoms with Crippen LogP contribution in [0, 0.1) is 0 Å². The molecule has 0 fully saturated rings. The number of carbonyl (C=O) groups is 6. The molecule has 0 aliphatic heterocycles. The van der Waals surface area contributed by atoms with Gasteiger partial charge in [0.05, 0.1) is 0 Å². The van der Waals surface area contributed by atoms with Gasteiger partial charge in [-0.1, -0.05) is 25.7 Å². The van der Waals surface area contributed by atoms with Crippen molar-refractivity contribution in [3.63, 3.8) is 0 Å². The molecule has 32 heavy (non-hydrogen) atoms. The zero-order valence-corrected chi connectivity index (χ0v) is 18.5. The summed E-state index contributed by atoms with van der Waals surface area (Å²) in [6.45, 7) is 0. The molecule has 0 amide bonds. The second-order valence-corrected chi connectivity index (χ2v) is 7.52. The topological polar surface area (TPSA) is 161 Å². The number of hydrogen-bond acceptors (Lipinski definition) is 8. The van der Waals surface area contributed by atoms with Gasteiger partial charge in [0.1, 0.15) is 0 Å². The average molecular weight is 459 g/mol. The van der Waals surface area contributed by atoms with E-state index >= 15 is 0 Å². The first-order valence-corrected chi connectivity index (χ1v) is 11.1. The van der Waals surface area contributed by atoms with E-state index in [0.29, 0.717) is 38.5 Å². The molecular formula is C22H34O10. The van der Waals surface area contributed by atoms with E-state index in [0.717, 1.165) is 25.7 Å². The van der Waals surface area contributed by atoms with Gasteiger partial charge < -0.3 is 19.7 Å². The zero-order valence-electron chi connectivity index (χ0n) is 18.5. The third-order valence-electron chi connectivity index (χ3n) is 4.51. The summed E-state index contributed by atoms with van der Waals surface area (Å²) in [7, 11) is 0. The van der Waals surface area contributed by atoms with Gasteiger partial charge in [-0.3, -0.25) is 28.8 Å². The second kappa shape index (κ2) is 18.9. The molecule has 0 atom stereocenters. The quantitative estimate of drug-likeness (QED) is 0.166. The van der Waals surface area contributed by atoms with Crippen LogP contribution in [0.15, 0.2) is 0 Å². The summed E-state index contributed by atoms with van der Waals surface area (Å²) >= 11 is 0. The van der Waals surface area contributed by atoms with Crippen molar-refractivity contribution in [2.45, 2.75) is 103 Å². The third-order valence-corrected chi connectivity index (χ3v) is 4.51. The van der Waals surface area contributed by atoms with Crippen LogP contribution in [-0.4, -0.2) is 46.0 Å². The fourth-order valence-electron chi connectivity index (χ4n) is 2.79. The van der Waals surface area contributed by atoms with E-state index in [1.807, 2.05) is 0 Å². The van der Waals surface area contributed by atoms with Gasteiger partial charge >= 0.3 is 35.8 Å². The van der Waals surface area contributed by atoms with Gasteiger partial charge in [-0.25, -0.2) is 0 Å². The van der Waals surface area contributed by atoms with E-state index in [2.05, 4.69) is 9.47 Å². The summed E-state index contributed by atoms with van der Waals surface area (Å²) in [6.07, 6.45) is 6.20. The molecule has 0 aliphatic rings. The summed E-state index contributed by atoms with van der Waals surface area (Å²) in [4.78, 5) is 66.7. The normalized spacial score (nSPS) is 10.4. The monoisotopic (exact) mass is 458 g/mol. The largest absolute Gasteiger partial charge is 0.481 e. The molecular weight excluding hydrogens is 424 g/mol. The number of carboxylic acid groups (broad SMARTS) is 2. The van der Waals surface area contributed by atoms with Crippen molar-refractivity contribution in [1.82, 2.24) is 0 Å². The van der Waals surface area contributed by atoms with E-state index in [4.69, 9.17) is 10.2 Å². The van der Waals surface area contributed by atoms with Crippen LogP contribution in [0.1, 0.15) is 103 Å². The molecule has 0 radical (unpaired) electrons. The minimum atomic E-state index is -0.925. The molecule has 0 unspecified atom stereocenters. The van der Waals surface area contributed by atoms with Crippen molar-refractivity contribution >= 4 is 35.8 Å². The fourth-order valence-corrected chi connectivity index (χ4v) is 2.79. The van der Waals surface area contributed by atoms with Crippen LogP contribution in [0.5, 0.6) is 0 Å². The van der Waals surface area contributed by atoms with Crippen LogP contribution in [0.2, 0.25) is 0 Å². The van der Waals surface area contributed by atoms with Gasteiger partial charge in [-0.05, 0) is 38.5 Å². The number of hydrogen-bond donors (Lipinski definition) is 2. The number of ether oxygens (including phenoxy) is 2. The summed E-state index contributed by atoms with van der Waals surface area (Å²) in [5.74, 6) is -4.28. The molecule has 0 aromatic heterocycles. The summed E-state index contributed by atoms with van der Waals surface area (Å²) in [5.41, 5.74) is 0. The molecule has 0 aromatic rings. The number of carboxylic acids is 2. The zero-order chi connectivity index (χ0) is 24.2. The van der Waals surface area contributed by atoms with Crippen LogP contribution in [0.4, 0.5) is 0 Å². The lowest BCUT2D eigenvalue weighted by atomic mass is 10.1. The predicted octanol–water partition coefficient (Wildman–Crippen LogP) is 3.54. The summed E-state index contributed by atoms with van der Waals surface area (Å²) in [6, 6.07) is 0. The summed E-state index contributed by atoms with van der Waals surface area (Å²) < 4.78 is 9.34. The maximum atomic E-state index is 11.6. The van der Waals surface area contributed by atoms with Crippen molar-refractivity contribution in [2.75, 3.05) is 0 Å². The van der Waals surface area contributed by atoms with E-state index < -0.39 is 35.8 Å². The molecule has 10 heteroatoms. The molecule has 0 rings (SSSR count). The number of carbonyl (C=O) groups excluding carboxylic acids is 4. The predicted molar refractivity (Wildman–Crippen MR) is 111 cm³/mol. The van der Waals surface area contributed by atoms with Gasteiger partial charge in [-0.2, -0.15) is 0 Å². The Hall–Kier alpha value is -2.78. The van der Waals surface area contributed by atoms with Gasteiger partial charge in [0.25, 0.3) is 0 Å². The van der Waals surface area contributed by atoms with Crippen LogP contribution < -0.4 is 0 Å². The first-order valence-electron chi connectivity index (χ1n) is 11.1. The summed E-state index contributed by atoms with van der Waals surface area (Å²) in [5, 5.41) is 17.0. The molecule has 0 saturated carbocycles. The Kier molecular flexibility index (Phi) is 17.3. The molecule has 0 aromatic carbocycles. The molecule has 0 saturated heterocycles.